The Bertz CT molecular complexity index is 988. The first-order valence-electron chi connectivity index (χ1n) is 10.8. The lowest BCUT2D eigenvalue weighted by molar-refractivity contribution is 0.0915. The number of imidazole rings is 1. The van der Waals surface area contributed by atoms with Crippen LogP contribution >= 0.6 is 24.0 Å². The van der Waals surface area contributed by atoms with E-state index in [1.165, 1.54) is 11.1 Å². The smallest absolute Gasteiger partial charge is 0.190 e. The van der Waals surface area contributed by atoms with Crippen LogP contribution in [-0.2, 0) is 11.3 Å². The molecule has 4 rings (SSSR count). The third kappa shape index (κ3) is 5.77. The molecular weight excluding hydrogens is 501 g/mol. The van der Waals surface area contributed by atoms with Crippen molar-refractivity contribution in [2.75, 3.05) is 26.7 Å². The Morgan fingerprint density at radius 2 is 1.90 bits per heavy atom. The molecule has 2 N–H and O–H groups in total. The fraction of sp³-hybridized carbons (Fsp3) is 0.417. The van der Waals surface area contributed by atoms with Gasteiger partial charge in [0.05, 0.1) is 17.1 Å². The number of nitrogens with one attached hydrogen (secondary N) is 2. The van der Waals surface area contributed by atoms with Crippen LogP contribution in [0.1, 0.15) is 30.3 Å². The Morgan fingerprint density at radius 1 is 1.13 bits per heavy atom. The average Bonchev–Trinajstić information content (AvgIpc) is 3.38. The highest BCUT2D eigenvalue weighted by molar-refractivity contribution is 14.0. The summed E-state index contributed by atoms with van der Waals surface area (Å²) in [7, 11) is 1.82. The van der Waals surface area contributed by atoms with Crippen molar-refractivity contribution in [1.29, 1.82) is 0 Å². The molecule has 0 amide bonds. The molecule has 1 aromatic heterocycles. The van der Waals surface area contributed by atoms with Gasteiger partial charge in [0, 0.05) is 39.2 Å². The Balaban J connectivity index is 0.00000272. The molecule has 2 heterocycles. The fourth-order valence-electron chi connectivity index (χ4n) is 4.22. The van der Waals surface area contributed by atoms with Crippen molar-refractivity contribution in [3.05, 3.63) is 66.0 Å². The Morgan fingerprint density at radius 3 is 2.71 bits per heavy atom. The van der Waals surface area contributed by atoms with Crippen LogP contribution in [0.2, 0.25) is 0 Å². The van der Waals surface area contributed by atoms with Crippen molar-refractivity contribution in [3.8, 4) is 0 Å². The second-order valence-electron chi connectivity index (χ2n) is 7.78. The highest BCUT2D eigenvalue weighted by atomic mass is 127. The number of aliphatic imine (C=N–C) groups is 1. The van der Waals surface area contributed by atoms with Gasteiger partial charge in [-0.05, 0) is 37.5 Å². The lowest BCUT2D eigenvalue weighted by atomic mass is 9.95. The van der Waals surface area contributed by atoms with Gasteiger partial charge in [-0.15, -0.1) is 24.0 Å². The van der Waals surface area contributed by atoms with E-state index in [1.54, 1.807) is 0 Å². The molecule has 1 fully saturated rings. The fourth-order valence-corrected chi connectivity index (χ4v) is 4.22. The summed E-state index contributed by atoms with van der Waals surface area (Å²) in [6.07, 6.45) is 2.23. The van der Waals surface area contributed by atoms with E-state index >= 15 is 0 Å². The number of fused-ring (bicyclic) bond motifs is 1. The Kier molecular flexibility index (Phi) is 8.71. The molecule has 1 saturated heterocycles. The van der Waals surface area contributed by atoms with E-state index in [0.29, 0.717) is 5.92 Å². The van der Waals surface area contributed by atoms with Gasteiger partial charge in [-0.2, -0.15) is 0 Å². The summed E-state index contributed by atoms with van der Waals surface area (Å²) < 4.78 is 8.28. The maximum Gasteiger partial charge on any atom is 0.190 e. The second kappa shape index (κ2) is 11.5. The first-order chi connectivity index (χ1) is 14.8. The van der Waals surface area contributed by atoms with Crippen LogP contribution < -0.4 is 10.6 Å². The van der Waals surface area contributed by atoms with E-state index in [-0.39, 0.29) is 30.1 Å². The molecule has 1 aliphatic rings. The zero-order valence-electron chi connectivity index (χ0n) is 18.3. The van der Waals surface area contributed by atoms with Crippen LogP contribution in [0.3, 0.4) is 0 Å². The number of benzene rings is 2. The van der Waals surface area contributed by atoms with E-state index in [4.69, 9.17) is 4.74 Å². The second-order valence-corrected chi connectivity index (χ2v) is 7.78. The maximum absolute atomic E-state index is 5.99. The number of rotatable bonds is 7. The van der Waals surface area contributed by atoms with Crippen LogP contribution in [0.25, 0.3) is 11.0 Å². The van der Waals surface area contributed by atoms with Crippen molar-refractivity contribution < 1.29 is 4.74 Å². The molecule has 2 atom stereocenters. The minimum Gasteiger partial charge on any atom is -0.373 e. The van der Waals surface area contributed by atoms with E-state index in [0.717, 1.165) is 56.4 Å². The topological polar surface area (TPSA) is 63.5 Å². The number of hydrogen-bond acceptors (Lipinski definition) is 3. The lowest BCUT2D eigenvalue weighted by Crippen LogP contribution is -2.40. The zero-order chi connectivity index (χ0) is 20.8. The Labute approximate surface area is 201 Å². The van der Waals surface area contributed by atoms with Crippen LogP contribution in [-0.4, -0.2) is 42.3 Å². The predicted octanol–water partition coefficient (Wildman–Crippen LogP) is 4.30. The van der Waals surface area contributed by atoms with Gasteiger partial charge in [-0.25, -0.2) is 4.98 Å². The van der Waals surface area contributed by atoms with Crippen molar-refractivity contribution in [3.63, 3.8) is 0 Å². The summed E-state index contributed by atoms with van der Waals surface area (Å²) in [6, 6.07) is 18.8. The SMILES string of the molecule is CN=C(NCCCn1c(C)nc2ccccc21)NCC1CCOC1c1ccccc1.I. The molecule has 0 saturated carbocycles. The van der Waals surface area contributed by atoms with Gasteiger partial charge < -0.3 is 19.9 Å². The molecule has 0 aliphatic carbocycles. The summed E-state index contributed by atoms with van der Waals surface area (Å²) in [5.41, 5.74) is 3.52. The molecule has 7 heteroatoms. The van der Waals surface area contributed by atoms with Gasteiger partial charge in [-0.3, -0.25) is 4.99 Å². The third-order valence-electron chi connectivity index (χ3n) is 5.79. The first kappa shape index (κ1) is 23.5. The predicted molar refractivity (Wildman–Crippen MR) is 137 cm³/mol. The van der Waals surface area contributed by atoms with Crippen LogP contribution in [0, 0.1) is 12.8 Å². The number of hydrogen-bond donors (Lipinski definition) is 2. The molecule has 31 heavy (non-hydrogen) atoms. The van der Waals surface area contributed by atoms with Crippen LogP contribution in [0.4, 0.5) is 0 Å². The van der Waals surface area contributed by atoms with E-state index < -0.39 is 0 Å². The number of halogens is 1. The molecule has 0 spiro atoms. The van der Waals surface area contributed by atoms with Gasteiger partial charge in [0.2, 0.25) is 0 Å². The van der Waals surface area contributed by atoms with Crippen molar-refractivity contribution in [2.24, 2.45) is 10.9 Å². The van der Waals surface area contributed by atoms with E-state index in [2.05, 4.69) is 74.6 Å². The molecule has 6 nitrogen and oxygen atoms in total. The molecule has 0 bridgehead atoms. The van der Waals surface area contributed by atoms with E-state index in [1.807, 2.05) is 19.2 Å². The number of aromatic nitrogens is 2. The molecule has 0 radical (unpaired) electrons. The quantitative estimate of drug-likeness (QED) is 0.206. The minimum atomic E-state index is 0. The largest absolute Gasteiger partial charge is 0.373 e. The molecule has 1 aliphatic heterocycles. The van der Waals surface area contributed by atoms with Gasteiger partial charge in [0.25, 0.3) is 0 Å². The van der Waals surface area contributed by atoms with Crippen LogP contribution in [0.5, 0.6) is 0 Å². The third-order valence-corrected chi connectivity index (χ3v) is 5.79. The highest BCUT2D eigenvalue weighted by Gasteiger charge is 2.29. The van der Waals surface area contributed by atoms with Gasteiger partial charge in [0.15, 0.2) is 5.96 Å². The van der Waals surface area contributed by atoms with Crippen molar-refractivity contribution in [2.45, 2.75) is 32.4 Å². The van der Waals surface area contributed by atoms with Crippen LogP contribution in [0.15, 0.2) is 59.6 Å². The normalized spacial score (nSPS) is 18.7. The first-order valence-corrected chi connectivity index (χ1v) is 10.8. The zero-order valence-corrected chi connectivity index (χ0v) is 20.6. The molecule has 166 valence electrons. The lowest BCUT2D eigenvalue weighted by Gasteiger charge is -2.21. The number of nitrogens with zero attached hydrogens (tertiary/aromatic N) is 3. The molecular formula is C24H32IN5O. The molecule has 2 aromatic carbocycles. The van der Waals surface area contributed by atoms with Gasteiger partial charge in [-0.1, -0.05) is 42.5 Å². The number of para-hydroxylation sites is 2. The van der Waals surface area contributed by atoms with Gasteiger partial charge in [0.1, 0.15) is 5.82 Å². The number of guanidine groups is 1. The summed E-state index contributed by atoms with van der Waals surface area (Å²) in [4.78, 5) is 9.03. The standard InChI is InChI=1S/C24H31N5O.HI/c1-18-28-21-11-6-7-12-22(21)29(18)15-8-14-26-24(25-2)27-17-20-13-16-30-23(20)19-9-4-3-5-10-19;/h3-7,9-12,20,23H,8,13-17H2,1-2H3,(H2,25,26,27);1H. The summed E-state index contributed by atoms with van der Waals surface area (Å²) in [5, 5.41) is 6.93. The average molecular weight is 533 g/mol. The van der Waals surface area contributed by atoms with Gasteiger partial charge >= 0.3 is 0 Å². The Hall–Kier alpha value is -2.13. The van der Waals surface area contributed by atoms with Crippen molar-refractivity contribution in [1.82, 2.24) is 20.2 Å². The summed E-state index contributed by atoms with van der Waals surface area (Å²) in [5.74, 6) is 2.36. The molecule has 2 unspecified atom stereocenters. The maximum atomic E-state index is 5.99. The number of ether oxygens (including phenoxy) is 1. The van der Waals surface area contributed by atoms with E-state index in [9.17, 15) is 0 Å². The summed E-state index contributed by atoms with van der Waals surface area (Å²) in [6.45, 7) is 5.53. The monoisotopic (exact) mass is 533 g/mol. The number of aryl methyl sites for hydroxylation is 2. The van der Waals surface area contributed by atoms with Crippen molar-refractivity contribution >= 4 is 41.0 Å². The molecule has 3 aromatic rings. The summed E-state index contributed by atoms with van der Waals surface area (Å²) >= 11 is 0. The highest BCUT2D eigenvalue weighted by Crippen LogP contribution is 2.33. The minimum absolute atomic E-state index is 0.